The van der Waals surface area contributed by atoms with E-state index in [-0.39, 0.29) is 17.9 Å². The van der Waals surface area contributed by atoms with E-state index in [1.165, 1.54) is 18.2 Å². The van der Waals surface area contributed by atoms with Crippen LogP contribution in [0.1, 0.15) is 21.5 Å². The van der Waals surface area contributed by atoms with Gasteiger partial charge in [-0.2, -0.15) is 0 Å². The van der Waals surface area contributed by atoms with E-state index in [1.54, 1.807) is 0 Å². The molecule has 2 aromatic carbocycles. The van der Waals surface area contributed by atoms with Crippen LogP contribution in [0.3, 0.4) is 0 Å². The van der Waals surface area contributed by atoms with Gasteiger partial charge in [-0.05, 0) is 36.2 Å². The minimum Gasteiger partial charge on any atom is -0.478 e. The van der Waals surface area contributed by atoms with Gasteiger partial charge in [0.05, 0.1) is 22.7 Å². The Hall–Kier alpha value is -2.33. The standard InChI is InChI=1S/C16H14ClNO3/c1-10-4-2-3-5-11(10)9-15(19)18-14-8-12(16(20)21)6-7-13(14)17/h2-8H,9H2,1H3,(H,18,19)(H,20,21). The van der Waals surface area contributed by atoms with E-state index in [9.17, 15) is 9.59 Å². The first kappa shape index (κ1) is 15.1. The molecule has 2 aromatic rings. The van der Waals surface area contributed by atoms with Gasteiger partial charge in [0, 0.05) is 0 Å². The Kier molecular flexibility index (Phi) is 4.60. The number of aryl methyl sites for hydroxylation is 1. The van der Waals surface area contributed by atoms with E-state index in [2.05, 4.69) is 5.32 Å². The van der Waals surface area contributed by atoms with Crippen LogP contribution in [-0.2, 0) is 11.2 Å². The highest BCUT2D eigenvalue weighted by atomic mass is 35.5. The highest BCUT2D eigenvalue weighted by Gasteiger charge is 2.11. The molecular formula is C16H14ClNO3. The second kappa shape index (κ2) is 6.41. The number of benzene rings is 2. The van der Waals surface area contributed by atoms with E-state index in [0.29, 0.717) is 10.7 Å². The molecule has 0 atom stereocenters. The van der Waals surface area contributed by atoms with Gasteiger partial charge in [0.1, 0.15) is 0 Å². The van der Waals surface area contributed by atoms with Gasteiger partial charge < -0.3 is 10.4 Å². The van der Waals surface area contributed by atoms with Crippen molar-refractivity contribution in [1.29, 1.82) is 0 Å². The molecule has 1 amide bonds. The third-order valence-electron chi connectivity index (χ3n) is 3.10. The summed E-state index contributed by atoms with van der Waals surface area (Å²) in [6.45, 7) is 1.93. The summed E-state index contributed by atoms with van der Waals surface area (Å²) in [6.07, 6.45) is 0.209. The lowest BCUT2D eigenvalue weighted by molar-refractivity contribution is -0.115. The molecule has 0 radical (unpaired) electrons. The minimum atomic E-state index is -1.07. The lowest BCUT2D eigenvalue weighted by atomic mass is 10.1. The Morgan fingerprint density at radius 1 is 1.19 bits per heavy atom. The van der Waals surface area contributed by atoms with Gasteiger partial charge in [0.25, 0.3) is 0 Å². The molecule has 4 nitrogen and oxygen atoms in total. The molecular weight excluding hydrogens is 290 g/mol. The largest absolute Gasteiger partial charge is 0.478 e. The van der Waals surface area contributed by atoms with E-state index in [1.807, 2.05) is 31.2 Å². The Morgan fingerprint density at radius 3 is 2.57 bits per heavy atom. The highest BCUT2D eigenvalue weighted by Crippen LogP contribution is 2.23. The predicted octanol–water partition coefficient (Wildman–Crippen LogP) is 3.53. The van der Waals surface area contributed by atoms with Crippen LogP contribution in [0.2, 0.25) is 5.02 Å². The summed E-state index contributed by atoms with van der Waals surface area (Å²) < 4.78 is 0. The number of anilines is 1. The number of hydrogen-bond donors (Lipinski definition) is 2. The summed E-state index contributed by atoms with van der Waals surface area (Å²) >= 11 is 5.97. The fourth-order valence-electron chi connectivity index (χ4n) is 1.93. The Balaban J connectivity index is 2.15. The van der Waals surface area contributed by atoms with Gasteiger partial charge >= 0.3 is 5.97 Å². The van der Waals surface area contributed by atoms with Crippen LogP contribution in [-0.4, -0.2) is 17.0 Å². The number of carbonyl (C=O) groups excluding carboxylic acids is 1. The first-order chi connectivity index (χ1) is 9.97. The number of halogens is 1. The van der Waals surface area contributed by atoms with Crippen molar-refractivity contribution in [1.82, 2.24) is 0 Å². The Labute approximate surface area is 127 Å². The van der Waals surface area contributed by atoms with Crippen LogP contribution in [0.25, 0.3) is 0 Å². The summed E-state index contributed by atoms with van der Waals surface area (Å²) in [7, 11) is 0. The monoisotopic (exact) mass is 303 g/mol. The van der Waals surface area contributed by atoms with Crippen LogP contribution in [0.4, 0.5) is 5.69 Å². The molecule has 0 bridgehead atoms. The normalized spacial score (nSPS) is 10.2. The van der Waals surface area contributed by atoms with Gasteiger partial charge in [-0.1, -0.05) is 35.9 Å². The van der Waals surface area contributed by atoms with Crippen molar-refractivity contribution in [3.63, 3.8) is 0 Å². The number of hydrogen-bond acceptors (Lipinski definition) is 2. The number of carbonyl (C=O) groups is 2. The fourth-order valence-corrected chi connectivity index (χ4v) is 2.09. The third kappa shape index (κ3) is 3.83. The Bertz CT molecular complexity index is 698. The molecule has 0 aliphatic carbocycles. The van der Waals surface area contributed by atoms with E-state index < -0.39 is 5.97 Å². The first-order valence-corrected chi connectivity index (χ1v) is 6.72. The SMILES string of the molecule is Cc1ccccc1CC(=O)Nc1cc(C(=O)O)ccc1Cl. The van der Waals surface area contributed by atoms with Crippen molar-refractivity contribution in [3.8, 4) is 0 Å². The van der Waals surface area contributed by atoms with Crippen LogP contribution >= 0.6 is 11.6 Å². The number of carboxylic acid groups (broad SMARTS) is 1. The van der Waals surface area contributed by atoms with E-state index >= 15 is 0 Å². The topological polar surface area (TPSA) is 66.4 Å². The Morgan fingerprint density at radius 2 is 1.90 bits per heavy atom. The number of amides is 1. The zero-order valence-corrected chi connectivity index (χ0v) is 12.1. The highest BCUT2D eigenvalue weighted by molar-refractivity contribution is 6.33. The molecule has 0 aliphatic heterocycles. The van der Waals surface area contributed by atoms with Crippen LogP contribution < -0.4 is 5.32 Å². The van der Waals surface area contributed by atoms with Crippen molar-refractivity contribution >= 4 is 29.2 Å². The van der Waals surface area contributed by atoms with Crippen molar-refractivity contribution in [2.24, 2.45) is 0 Å². The molecule has 0 spiro atoms. The molecule has 0 saturated heterocycles. The van der Waals surface area contributed by atoms with Crippen molar-refractivity contribution in [2.45, 2.75) is 13.3 Å². The van der Waals surface area contributed by atoms with Gasteiger partial charge in [-0.15, -0.1) is 0 Å². The lowest BCUT2D eigenvalue weighted by Crippen LogP contribution is -2.15. The fraction of sp³-hybridized carbons (Fsp3) is 0.125. The number of rotatable bonds is 4. The van der Waals surface area contributed by atoms with Gasteiger partial charge in [0.15, 0.2) is 0 Å². The molecule has 0 aliphatic rings. The molecule has 0 saturated carbocycles. The molecule has 0 fully saturated rings. The number of nitrogens with one attached hydrogen (secondary N) is 1. The average Bonchev–Trinajstić information content (AvgIpc) is 2.43. The molecule has 0 unspecified atom stereocenters. The van der Waals surface area contributed by atoms with Crippen LogP contribution in [0, 0.1) is 6.92 Å². The molecule has 0 heterocycles. The zero-order valence-electron chi connectivity index (χ0n) is 11.4. The van der Waals surface area contributed by atoms with Gasteiger partial charge in [-0.25, -0.2) is 4.79 Å². The minimum absolute atomic E-state index is 0.0746. The van der Waals surface area contributed by atoms with Crippen molar-refractivity contribution in [2.75, 3.05) is 5.32 Å². The summed E-state index contributed by atoms with van der Waals surface area (Å²) in [5.74, 6) is -1.31. The smallest absolute Gasteiger partial charge is 0.335 e. The molecule has 5 heteroatoms. The number of aromatic carboxylic acids is 1. The third-order valence-corrected chi connectivity index (χ3v) is 3.43. The molecule has 0 aromatic heterocycles. The van der Waals surface area contributed by atoms with E-state index in [0.717, 1.165) is 11.1 Å². The quantitative estimate of drug-likeness (QED) is 0.908. The zero-order chi connectivity index (χ0) is 15.4. The van der Waals surface area contributed by atoms with Gasteiger partial charge in [-0.3, -0.25) is 4.79 Å². The van der Waals surface area contributed by atoms with Crippen LogP contribution in [0.5, 0.6) is 0 Å². The second-order valence-electron chi connectivity index (χ2n) is 4.65. The summed E-state index contributed by atoms with van der Waals surface area (Å²) in [4.78, 5) is 23.0. The first-order valence-electron chi connectivity index (χ1n) is 6.34. The average molecular weight is 304 g/mol. The molecule has 21 heavy (non-hydrogen) atoms. The molecule has 2 rings (SSSR count). The molecule has 108 valence electrons. The number of carboxylic acids is 1. The van der Waals surface area contributed by atoms with Crippen LogP contribution in [0.15, 0.2) is 42.5 Å². The van der Waals surface area contributed by atoms with Crippen molar-refractivity contribution < 1.29 is 14.7 Å². The maximum absolute atomic E-state index is 12.1. The van der Waals surface area contributed by atoms with E-state index in [4.69, 9.17) is 16.7 Å². The molecule has 2 N–H and O–H groups in total. The maximum Gasteiger partial charge on any atom is 0.335 e. The summed E-state index contributed by atoms with van der Waals surface area (Å²) in [5.41, 5.74) is 2.32. The van der Waals surface area contributed by atoms with Gasteiger partial charge in [0.2, 0.25) is 5.91 Å². The van der Waals surface area contributed by atoms with Crippen molar-refractivity contribution in [3.05, 3.63) is 64.2 Å². The second-order valence-corrected chi connectivity index (χ2v) is 5.06. The summed E-state index contributed by atoms with van der Waals surface area (Å²) in [5, 5.41) is 11.9. The lowest BCUT2D eigenvalue weighted by Gasteiger charge is -2.09. The predicted molar refractivity (Wildman–Crippen MR) is 81.9 cm³/mol. The maximum atomic E-state index is 12.1. The summed E-state index contributed by atoms with van der Waals surface area (Å²) in [6, 6.07) is 11.8.